The number of aliphatic hydroxyl groups excluding tert-OH is 1. The first-order valence-electron chi connectivity index (χ1n) is 6.81. The Bertz CT molecular complexity index is 336. The van der Waals surface area contributed by atoms with Crippen LogP contribution in [0, 0.1) is 0 Å². The summed E-state index contributed by atoms with van der Waals surface area (Å²) in [7, 11) is 1.77. The Hall–Kier alpha value is -0.460. The second-order valence-electron chi connectivity index (χ2n) is 4.98. The standard InChI is InChI=1S/C14H23NO3S/c1-17-13-4-6-15(7-5-13)9-12(16)10-18-11-14-3-2-8-19-14/h2-3,8,12-13,16H,4-7,9-11H2,1H3. The minimum absolute atomic E-state index is 0.392. The number of hydrogen-bond acceptors (Lipinski definition) is 5. The van der Waals surface area contributed by atoms with Gasteiger partial charge in [-0.3, -0.25) is 0 Å². The fourth-order valence-corrected chi connectivity index (χ4v) is 3.01. The van der Waals surface area contributed by atoms with E-state index < -0.39 is 6.10 Å². The van der Waals surface area contributed by atoms with Crippen molar-refractivity contribution in [2.75, 3.05) is 33.4 Å². The van der Waals surface area contributed by atoms with Gasteiger partial charge in [-0.05, 0) is 24.3 Å². The van der Waals surface area contributed by atoms with Gasteiger partial charge in [0.1, 0.15) is 0 Å². The van der Waals surface area contributed by atoms with E-state index in [1.54, 1.807) is 18.4 Å². The van der Waals surface area contributed by atoms with Crippen molar-refractivity contribution in [3.8, 4) is 0 Å². The van der Waals surface area contributed by atoms with Crippen molar-refractivity contribution < 1.29 is 14.6 Å². The fraction of sp³-hybridized carbons (Fsp3) is 0.714. The number of aliphatic hydroxyl groups is 1. The molecule has 0 amide bonds. The maximum Gasteiger partial charge on any atom is 0.0900 e. The number of ether oxygens (including phenoxy) is 2. The van der Waals surface area contributed by atoms with Crippen molar-refractivity contribution in [1.82, 2.24) is 4.90 Å². The molecule has 5 heteroatoms. The molecular formula is C14H23NO3S. The summed E-state index contributed by atoms with van der Waals surface area (Å²) in [5.41, 5.74) is 0. The van der Waals surface area contributed by atoms with Gasteiger partial charge in [0, 0.05) is 31.6 Å². The molecule has 1 atom stereocenters. The summed E-state index contributed by atoms with van der Waals surface area (Å²) in [5.74, 6) is 0. The zero-order valence-electron chi connectivity index (χ0n) is 11.5. The first-order valence-corrected chi connectivity index (χ1v) is 7.69. The van der Waals surface area contributed by atoms with Gasteiger partial charge in [0.25, 0.3) is 0 Å². The molecule has 1 saturated heterocycles. The van der Waals surface area contributed by atoms with Crippen LogP contribution in [0.2, 0.25) is 0 Å². The van der Waals surface area contributed by atoms with Crippen molar-refractivity contribution in [1.29, 1.82) is 0 Å². The molecule has 0 aromatic carbocycles. The summed E-state index contributed by atoms with van der Waals surface area (Å²) in [6.45, 7) is 3.70. The van der Waals surface area contributed by atoms with E-state index in [0.717, 1.165) is 25.9 Å². The highest BCUT2D eigenvalue weighted by atomic mass is 32.1. The van der Waals surface area contributed by atoms with Crippen LogP contribution in [0.3, 0.4) is 0 Å². The number of likely N-dealkylation sites (tertiary alicyclic amines) is 1. The second-order valence-corrected chi connectivity index (χ2v) is 6.02. The molecule has 1 fully saturated rings. The minimum Gasteiger partial charge on any atom is -0.389 e. The van der Waals surface area contributed by atoms with Crippen LogP contribution in [0.4, 0.5) is 0 Å². The Labute approximate surface area is 118 Å². The van der Waals surface area contributed by atoms with E-state index in [1.807, 2.05) is 17.5 Å². The number of hydrogen-bond donors (Lipinski definition) is 1. The molecule has 1 aromatic rings. The average Bonchev–Trinajstić information content (AvgIpc) is 2.93. The summed E-state index contributed by atoms with van der Waals surface area (Å²) in [6, 6.07) is 4.06. The van der Waals surface area contributed by atoms with Gasteiger partial charge in [-0.15, -0.1) is 11.3 Å². The van der Waals surface area contributed by atoms with Crippen LogP contribution >= 0.6 is 11.3 Å². The summed E-state index contributed by atoms with van der Waals surface area (Å²) in [5, 5.41) is 12.0. The van der Waals surface area contributed by atoms with E-state index in [1.165, 1.54) is 4.88 Å². The van der Waals surface area contributed by atoms with Crippen LogP contribution in [0.1, 0.15) is 17.7 Å². The van der Waals surface area contributed by atoms with Crippen LogP contribution < -0.4 is 0 Å². The van der Waals surface area contributed by atoms with Gasteiger partial charge in [-0.2, -0.15) is 0 Å². The van der Waals surface area contributed by atoms with Crippen LogP contribution in [-0.4, -0.2) is 55.6 Å². The Morgan fingerprint density at radius 2 is 2.26 bits per heavy atom. The van der Waals surface area contributed by atoms with E-state index in [0.29, 0.717) is 25.9 Å². The van der Waals surface area contributed by atoms with E-state index in [-0.39, 0.29) is 0 Å². The largest absolute Gasteiger partial charge is 0.389 e. The molecule has 4 nitrogen and oxygen atoms in total. The molecule has 1 N–H and O–H groups in total. The number of piperidine rings is 1. The van der Waals surface area contributed by atoms with E-state index >= 15 is 0 Å². The van der Waals surface area contributed by atoms with Gasteiger partial charge in [0.05, 0.1) is 25.4 Å². The fourth-order valence-electron chi connectivity index (χ4n) is 2.37. The summed E-state index contributed by atoms with van der Waals surface area (Å²) >= 11 is 1.68. The summed E-state index contributed by atoms with van der Waals surface area (Å²) in [6.07, 6.45) is 2.10. The lowest BCUT2D eigenvalue weighted by Gasteiger charge is -2.32. The normalized spacial score (nSPS) is 19.7. The molecule has 1 aromatic heterocycles. The molecule has 0 aliphatic carbocycles. The lowest BCUT2D eigenvalue weighted by molar-refractivity contribution is -0.00856. The van der Waals surface area contributed by atoms with Crippen LogP contribution in [-0.2, 0) is 16.1 Å². The minimum atomic E-state index is -0.404. The van der Waals surface area contributed by atoms with Gasteiger partial charge in [0.2, 0.25) is 0 Å². The van der Waals surface area contributed by atoms with Gasteiger partial charge in [0.15, 0.2) is 0 Å². The van der Waals surface area contributed by atoms with Crippen LogP contribution in [0.5, 0.6) is 0 Å². The van der Waals surface area contributed by atoms with Gasteiger partial charge in [-0.1, -0.05) is 6.07 Å². The highest BCUT2D eigenvalue weighted by Gasteiger charge is 2.20. The predicted molar refractivity (Wildman–Crippen MR) is 76.5 cm³/mol. The molecule has 1 aliphatic rings. The van der Waals surface area contributed by atoms with Crippen molar-refractivity contribution in [2.45, 2.75) is 31.7 Å². The smallest absolute Gasteiger partial charge is 0.0900 e. The monoisotopic (exact) mass is 285 g/mol. The SMILES string of the molecule is COC1CCN(CC(O)COCc2cccs2)CC1. The van der Waals surface area contributed by atoms with Gasteiger partial charge in [-0.25, -0.2) is 0 Å². The number of methoxy groups -OCH3 is 1. The molecule has 0 spiro atoms. The Balaban J connectivity index is 1.58. The quantitative estimate of drug-likeness (QED) is 0.828. The number of nitrogens with zero attached hydrogens (tertiary/aromatic N) is 1. The molecule has 2 rings (SSSR count). The first kappa shape index (κ1) is 14.9. The zero-order chi connectivity index (χ0) is 13.5. The number of rotatable bonds is 7. The molecule has 1 unspecified atom stereocenters. The molecule has 108 valence electrons. The maximum absolute atomic E-state index is 9.96. The summed E-state index contributed by atoms with van der Waals surface area (Å²) < 4.78 is 10.9. The Kier molecular flexibility index (Phi) is 6.26. The third-order valence-corrected chi connectivity index (χ3v) is 4.32. The molecule has 0 radical (unpaired) electrons. The summed E-state index contributed by atoms with van der Waals surface area (Å²) in [4.78, 5) is 3.49. The van der Waals surface area contributed by atoms with E-state index in [9.17, 15) is 5.11 Å². The average molecular weight is 285 g/mol. The zero-order valence-corrected chi connectivity index (χ0v) is 12.3. The highest BCUT2D eigenvalue weighted by molar-refractivity contribution is 7.09. The van der Waals surface area contributed by atoms with Crippen LogP contribution in [0.15, 0.2) is 17.5 Å². The first-order chi connectivity index (χ1) is 9.28. The topological polar surface area (TPSA) is 41.9 Å². The van der Waals surface area contributed by atoms with Crippen molar-refractivity contribution in [3.63, 3.8) is 0 Å². The molecule has 1 aliphatic heterocycles. The molecule has 19 heavy (non-hydrogen) atoms. The number of β-amino-alcohol motifs (C(OH)–C–C–N with tert-alkyl or cyclic N) is 1. The molecule has 0 saturated carbocycles. The maximum atomic E-state index is 9.96. The highest BCUT2D eigenvalue weighted by Crippen LogP contribution is 2.13. The van der Waals surface area contributed by atoms with Crippen molar-refractivity contribution in [3.05, 3.63) is 22.4 Å². The number of thiophene rings is 1. The third kappa shape index (κ3) is 5.20. The Morgan fingerprint density at radius 1 is 1.47 bits per heavy atom. The van der Waals surface area contributed by atoms with Gasteiger partial charge < -0.3 is 19.5 Å². The van der Waals surface area contributed by atoms with E-state index in [4.69, 9.17) is 9.47 Å². The van der Waals surface area contributed by atoms with Crippen LogP contribution in [0.25, 0.3) is 0 Å². The van der Waals surface area contributed by atoms with Crippen molar-refractivity contribution in [2.24, 2.45) is 0 Å². The van der Waals surface area contributed by atoms with E-state index in [2.05, 4.69) is 4.90 Å². The second kappa shape index (κ2) is 7.97. The molecular weight excluding hydrogens is 262 g/mol. The van der Waals surface area contributed by atoms with Crippen molar-refractivity contribution >= 4 is 11.3 Å². The van der Waals surface area contributed by atoms with Gasteiger partial charge >= 0.3 is 0 Å². The molecule has 0 bridgehead atoms. The Morgan fingerprint density at radius 3 is 2.89 bits per heavy atom. The lowest BCUT2D eigenvalue weighted by Crippen LogP contribution is -2.41. The lowest BCUT2D eigenvalue weighted by atomic mass is 10.1. The molecule has 2 heterocycles. The third-order valence-electron chi connectivity index (χ3n) is 3.47. The predicted octanol–water partition coefficient (Wildman–Crippen LogP) is 1.74.